The first-order chi connectivity index (χ1) is 11.5. The molecule has 0 unspecified atom stereocenters. The molecular weight excluding hydrogens is 310 g/mol. The van der Waals surface area contributed by atoms with E-state index in [-0.39, 0.29) is 23.9 Å². The third-order valence-corrected chi connectivity index (χ3v) is 3.00. The number of carbonyl (C=O) groups is 3. The summed E-state index contributed by atoms with van der Waals surface area (Å²) >= 11 is 0. The number of amides is 2. The van der Waals surface area contributed by atoms with E-state index in [2.05, 4.69) is 15.6 Å². The Labute approximate surface area is 139 Å². The number of anilines is 2. The Kier molecular flexibility index (Phi) is 5.62. The Morgan fingerprint density at radius 1 is 1.08 bits per heavy atom. The zero-order chi connectivity index (χ0) is 17.5. The van der Waals surface area contributed by atoms with Gasteiger partial charge in [0.1, 0.15) is 11.4 Å². The molecule has 2 aromatic rings. The fraction of sp³-hybridized carbons (Fsp3) is 0.176. The molecule has 0 radical (unpaired) electrons. The zero-order valence-corrected chi connectivity index (χ0v) is 13.3. The zero-order valence-electron chi connectivity index (χ0n) is 13.3. The van der Waals surface area contributed by atoms with Gasteiger partial charge < -0.3 is 15.4 Å². The number of hydrogen-bond acceptors (Lipinski definition) is 5. The van der Waals surface area contributed by atoms with Gasteiger partial charge in [-0.25, -0.2) is 9.78 Å². The molecule has 0 aliphatic heterocycles. The molecule has 0 aliphatic rings. The molecule has 0 bridgehead atoms. The van der Waals surface area contributed by atoms with Crippen LogP contribution in [0.5, 0.6) is 0 Å². The van der Waals surface area contributed by atoms with Crippen LogP contribution in [0.1, 0.15) is 34.6 Å². The average molecular weight is 327 g/mol. The minimum atomic E-state index is -0.554. The quantitative estimate of drug-likeness (QED) is 0.822. The molecule has 2 amide bonds. The number of benzene rings is 1. The number of aromatic nitrogens is 1. The van der Waals surface area contributed by atoms with E-state index in [0.29, 0.717) is 11.3 Å². The maximum atomic E-state index is 12.3. The number of rotatable bonds is 5. The van der Waals surface area contributed by atoms with Crippen LogP contribution >= 0.6 is 0 Å². The molecule has 24 heavy (non-hydrogen) atoms. The van der Waals surface area contributed by atoms with Gasteiger partial charge in [-0.05, 0) is 43.3 Å². The van der Waals surface area contributed by atoms with E-state index in [4.69, 9.17) is 4.74 Å². The Balaban J connectivity index is 2.15. The lowest BCUT2D eigenvalue weighted by molar-refractivity contribution is -0.114. The normalized spacial score (nSPS) is 9.92. The van der Waals surface area contributed by atoms with Crippen LogP contribution in [-0.2, 0) is 9.53 Å². The lowest BCUT2D eigenvalue weighted by Gasteiger charge is -2.09. The summed E-state index contributed by atoms with van der Waals surface area (Å²) in [6.07, 6.45) is 1.47. The summed E-state index contributed by atoms with van der Waals surface area (Å²) in [6.45, 7) is 3.33. The molecule has 2 rings (SSSR count). The van der Waals surface area contributed by atoms with E-state index in [1.807, 2.05) is 0 Å². The lowest BCUT2D eigenvalue weighted by Crippen LogP contribution is -2.17. The van der Waals surface area contributed by atoms with Crippen molar-refractivity contribution < 1.29 is 19.1 Å². The van der Waals surface area contributed by atoms with E-state index in [1.165, 1.54) is 19.2 Å². The van der Waals surface area contributed by atoms with Gasteiger partial charge in [0.15, 0.2) is 0 Å². The fourth-order valence-electron chi connectivity index (χ4n) is 1.97. The first-order valence-electron chi connectivity index (χ1n) is 7.32. The van der Waals surface area contributed by atoms with E-state index in [9.17, 15) is 14.4 Å². The molecule has 2 N–H and O–H groups in total. The number of hydrogen-bond donors (Lipinski definition) is 2. The summed E-state index contributed by atoms with van der Waals surface area (Å²) in [5.41, 5.74) is 1.14. The van der Waals surface area contributed by atoms with Crippen LogP contribution in [0.3, 0.4) is 0 Å². The summed E-state index contributed by atoms with van der Waals surface area (Å²) in [5, 5.41) is 5.20. The number of ether oxygens (including phenoxy) is 1. The van der Waals surface area contributed by atoms with E-state index >= 15 is 0 Å². The standard InChI is InChI=1S/C17H17N3O4/c1-3-24-17(23)14-5-4-10-18-15(14)20-16(22)12-6-8-13(9-7-12)19-11(2)21/h4-10H,3H2,1-2H3,(H,19,21)(H,18,20,22). The van der Waals surface area contributed by atoms with Crippen LogP contribution in [0.25, 0.3) is 0 Å². The molecule has 0 spiro atoms. The highest BCUT2D eigenvalue weighted by molar-refractivity contribution is 6.07. The largest absolute Gasteiger partial charge is 0.462 e. The van der Waals surface area contributed by atoms with Crippen molar-refractivity contribution in [2.45, 2.75) is 13.8 Å². The Bertz CT molecular complexity index is 757. The number of nitrogens with zero attached hydrogens (tertiary/aromatic N) is 1. The van der Waals surface area contributed by atoms with Crippen LogP contribution in [0.15, 0.2) is 42.6 Å². The topological polar surface area (TPSA) is 97.4 Å². The Hall–Kier alpha value is -3.22. The second-order valence-corrected chi connectivity index (χ2v) is 4.83. The highest BCUT2D eigenvalue weighted by Crippen LogP contribution is 2.15. The third kappa shape index (κ3) is 4.39. The molecule has 0 aliphatic carbocycles. The van der Waals surface area contributed by atoms with Crippen LogP contribution in [-0.4, -0.2) is 29.4 Å². The van der Waals surface area contributed by atoms with Gasteiger partial charge in [-0.1, -0.05) is 0 Å². The molecule has 1 aromatic heterocycles. The second-order valence-electron chi connectivity index (χ2n) is 4.83. The van der Waals surface area contributed by atoms with Gasteiger partial charge in [-0.3, -0.25) is 9.59 Å². The molecule has 0 fully saturated rings. The van der Waals surface area contributed by atoms with Crippen LogP contribution in [0.2, 0.25) is 0 Å². The molecule has 1 heterocycles. The van der Waals surface area contributed by atoms with Gasteiger partial charge in [-0.2, -0.15) is 0 Å². The van der Waals surface area contributed by atoms with Crippen LogP contribution in [0.4, 0.5) is 11.5 Å². The molecule has 0 atom stereocenters. The minimum Gasteiger partial charge on any atom is -0.462 e. The molecule has 0 saturated carbocycles. The summed E-state index contributed by atoms with van der Waals surface area (Å²) < 4.78 is 4.94. The molecule has 124 valence electrons. The smallest absolute Gasteiger partial charge is 0.341 e. The number of esters is 1. The van der Waals surface area contributed by atoms with Crippen molar-refractivity contribution in [1.82, 2.24) is 4.98 Å². The minimum absolute atomic E-state index is 0.131. The first-order valence-corrected chi connectivity index (χ1v) is 7.32. The number of pyridine rings is 1. The van der Waals surface area contributed by atoms with Crippen molar-refractivity contribution in [3.05, 3.63) is 53.7 Å². The lowest BCUT2D eigenvalue weighted by atomic mass is 10.2. The molecular formula is C17H17N3O4. The Morgan fingerprint density at radius 3 is 2.42 bits per heavy atom. The molecule has 1 aromatic carbocycles. The Morgan fingerprint density at radius 2 is 1.79 bits per heavy atom. The predicted molar refractivity (Wildman–Crippen MR) is 88.9 cm³/mol. The SMILES string of the molecule is CCOC(=O)c1cccnc1NC(=O)c1ccc(NC(C)=O)cc1. The summed E-state index contributed by atoms with van der Waals surface area (Å²) in [6, 6.07) is 9.47. The van der Waals surface area contributed by atoms with Gasteiger partial charge in [0, 0.05) is 24.4 Å². The highest BCUT2D eigenvalue weighted by atomic mass is 16.5. The molecule has 7 nitrogen and oxygen atoms in total. The number of carbonyl (C=O) groups excluding carboxylic acids is 3. The maximum absolute atomic E-state index is 12.3. The van der Waals surface area contributed by atoms with Crippen molar-refractivity contribution >= 4 is 29.3 Å². The fourth-order valence-corrected chi connectivity index (χ4v) is 1.97. The van der Waals surface area contributed by atoms with E-state index in [0.717, 1.165) is 0 Å². The van der Waals surface area contributed by atoms with Gasteiger partial charge in [0.25, 0.3) is 5.91 Å². The van der Waals surface area contributed by atoms with Gasteiger partial charge in [0.05, 0.1) is 6.61 Å². The van der Waals surface area contributed by atoms with Crippen LogP contribution < -0.4 is 10.6 Å². The number of nitrogens with one attached hydrogen (secondary N) is 2. The molecule has 7 heteroatoms. The predicted octanol–water partition coefficient (Wildman–Crippen LogP) is 2.47. The summed E-state index contributed by atoms with van der Waals surface area (Å²) in [4.78, 5) is 39.2. The van der Waals surface area contributed by atoms with Crippen molar-refractivity contribution in [2.24, 2.45) is 0 Å². The van der Waals surface area contributed by atoms with Crippen molar-refractivity contribution in [2.75, 3.05) is 17.2 Å². The maximum Gasteiger partial charge on any atom is 0.341 e. The van der Waals surface area contributed by atoms with Gasteiger partial charge >= 0.3 is 5.97 Å². The average Bonchev–Trinajstić information content (AvgIpc) is 2.55. The summed E-state index contributed by atoms with van der Waals surface area (Å²) in [5.74, 6) is -1.04. The first kappa shape index (κ1) is 17.1. The van der Waals surface area contributed by atoms with Gasteiger partial charge in [0.2, 0.25) is 5.91 Å². The third-order valence-electron chi connectivity index (χ3n) is 3.00. The van der Waals surface area contributed by atoms with Crippen molar-refractivity contribution in [3.8, 4) is 0 Å². The van der Waals surface area contributed by atoms with Crippen molar-refractivity contribution in [3.63, 3.8) is 0 Å². The monoisotopic (exact) mass is 327 g/mol. The highest BCUT2D eigenvalue weighted by Gasteiger charge is 2.16. The van der Waals surface area contributed by atoms with Crippen molar-refractivity contribution in [1.29, 1.82) is 0 Å². The van der Waals surface area contributed by atoms with Gasteiger partial charge in [-0.15, -0.1) is 0 Å². The second kappa shape index (κ2) is 7.87. The van der Waals surface area contributed by atoms with E-state index in [1.54, 1.807) is 37.3 Å². The molecule has 0 saturated heterocycles. The van der Waals surface area contributed by atoms with Crippen LogP contribution in [0, 0.1) is 0 Å². The van der Waals surface area contributed by atoms with E-state index < -0.39 is 11.9 Å². The summed E-state index contributed by atoms with van der Waals surface area (Å²) in [7, 11) is 0.